The van der Waals surface area contributed by atoms with Crippen molar-refractivity contribution in [1.29, 1.82) is 0 Å². The Hall–Kier alpha value is -2.33. The first-order valence-corrected chi connectivity index (χ1v) is 26.6. The average molecular weight is 909 g/mol. The number of allylic oxidation sites excluding steroid dienone is 9. The Labute approximate surface area is 386 Å². The number of aliphatic hydroxyl groups is 1. The van der Waals surface area contributed by atoms with Gasteiger partial charge in [-0.15, -0.1) is 0 Å². The number of phosphoric acid groups is 1. The molecular formula is C52H95NO9P+. The van der Waals surface area contributed by atoms with Gasteiger partial charge in [-0.25, -0.2) is 4.57 Å². The minimum atomic E-state index is -4.43. The zero-order chi connectivity index (χ0) is 46.5. The van der Waals surface area contributed by atoms with E-state index in [1.165, 1.54) is 116 Å². The summed E-state index contributed by atoms with van der Waals surface area (Å²) in [4.78, 5) is 35.5. The third kappa shape index (κ3) is 47.5. The number of aliphatic hydroxyl groups excluding tert-OH is 1. The summed E-state index contributed by atoms with van der Waals surface area (Å²) in [5.74, 6) is -1.00. The summed E-state index contributed by atoms with van der Waals surface area (Å²) in [7, 11) is 1.37. The number of quaternary nitrogens is 1. The topological polar surface area (TPSA) is 129 Å². The van der Waals surface area contributed by atoms with Gasteiger partial charge in [-0.05, 0) is 70.6 Å². The smallest absolute Gasteiger partial charge is 0.462 e. The van der Waals surface area contributed by atoms with E-state index in [1.807, 2.05) is 33.3 Å². The zero-order valence-electron chi connectivity index (χ0n) is 40.9. The third-order valence-corrected chi connectivity index (χ3v) is 11.6. The first-order chi connectivity index (χ1) is 30.4. The second-order valence-corrected chi connectivity index (χ2v) is 19.5. The predicted octanol–water partition coefficient (Wildman–Crippen LogP) is 13.8. The van der Waals surface area contributed by atoms with Crippen LogP contribution in [0.15, 0.2) is 60.8 Å². The highest BCUT2D eigenvalue weighted by molar-refractivity contribution is 7.47. The molecule has 0 spiro atoms. The molecule has 0 fully saturated rings. The van der Waals surface area contributed by atoms with Crippen molar-refractivity contribution in [1.82, 2.24) is 0 Å². The van der Waals surface area contributed by atoms with Gasteiger partial charge in [0, 0.05) is 12.8 Å². The predicted molar refractivity (Wildman–Crippen MR) is 262 cm³/mol. The third-order valence-electron chi connectivity index (χ3n) is 10.6. The SMILES string of the molecule is CCCCC/C=C\C/C=C\C/C=C\C=C\[C@@H](O)CCCC(=O)OC[C@H](COP(=O)(O)OCC[N+](C)(C)C)OC(=O)CCCCCCCCCCCCC/C=C\CCCCCCCC. The largest absolute Gasteiger partial charge is 0.472 e. The lowest BCUT2D eigenvalue weighted by Gasteiger charge is -2.24. The summed E-state index contributed by atoms with van der Waals surface area (Å²) in [6, 6.07) is 0. The lowest BCUT2D eigenvalue weighted by molar-refractivity contribution is -0.870. The molecule has 0 radical (unpaired) electrons. The van der Waals surface area contributed by atoms with Gasteiger partial charge in [-0.2, -0.15) is 0 Å². The minimum absolute atomic E-state index is 0.000232. The molecule has 0 rings (SSSR count). The van der Waals surface area contributed by atoms with Gasteiger partial charge >= 0.3 is 19.8 Å². The highest BCUT2D eigenvalue weighted by atomic mass is 31.2. The van der Waals surface area contributed by atoms with E-state index in [0.717, 1.165) is 38.5 Å². The van der Waals surface area contributed by atoms with E-state index in [4.69, 9.17) is 18.5 Å². The molecule has 0 amide bonds. The summed E-state index contributed by atoms with van der Waals surface area (Å²) in [5.41, 5.74) is 0. The molecular weight excluding hydrogens is 814 g/mol. The van der Waals surface area contributed by atoms with E-state index in [9.17, 15) is 24.2 Å². The molecule has 1 unspecified atom stereocenters. The van der Waals surface area contributed by atoms with Crippen molar-refractivity contribution in [2.45, 2.75) is 212 Å². The lowest BCUT2D eigenvalue weighted by atomic mass is 10.0. The Bertz CT molecular complexity index is 1270. The van der Waals surface area contributed by atoms with Crippen LogP contribution in [-0.4, -0.2) is 86.1 Å². The highest BCUT2D eigenvalue weighted by Crippen LogP contribution is 2.43. The van der Waals surface area contributed by atoms with E-state index >= 15 is 0 Å². The number of likely N-dealkylation sites (N-methyl/N-ethyl adjacent to an activating group) is 1. The van der Waals surface area contributed by atoms with Crippen LogP contribution in [-0.2, 0) is 32.7 Å². The van der Waals surface area contributed by atoms with Crippen molar-refractivity contribution in [3.8, 4) is 0 Å². The van der Waals surface area contributed by atoms with Crippen LogP contribution >= 0.6 is 7.82 Å². The number of ether oxygens (including phenoxy) is 2. The van der Waals surface area contributed by atoms with Crippen molar-refractivity contribution in [2.24, 2.45) is 0 Å². The quantitative estimate of drug-likeness (QED) is 0.0153. The van der Waals surface area contributed by atoms with Gasteiger partial charge in [0.05, 0.1) is 33.9 Å². The fraction of sp³-hybridized carbons (Fsp3) is 0.769. The van der Waals surface area contributed by atoms with Crippen LogP contribution in [0.3, 0.4) is 0 Å². The van der Waals surface area contributed by atoms with Crippen molar-refractivity contribution < 1.29 is 47.2 Å². The van der Waals surface area contributed by atoms with E-state index in [2.05, 4.69) is 50.3 Å². The fourth-order valence-corrected chi connectivity index (χ4v) is 7.38. The van der Waals surface area contributed by atoms with Gasteiger partial charge in [-0.3, -0.25) is 18.6 Å². The number of carbonyl (C=O) groups is 2. The highest BCUT2D eigenvalue weighted by Gasteiger charge is 2.27. The van der Waals surface area contributed by atoms with E-state index in [1.54, 1.807) is 12.2 Å². The van der Waals surface area contributed by atoms with Gasteiger partial charge in [-0.1, -0.05) is 177 Å². The summed E-state index contributed by atoms with van der Waals surface area (Å²) < 4.78 is 34.3. The second-order valence-electron chi connectivity index (χ2n) is 18.0. The van der Waals surface area contributed by atoms with Crippen molar-refractivity contribution in [2.75, 3.05) is 47.5 Å². The molecule has 0 saturated carbocycles. The lowest BCUT2D eigenvalue weighted by Crippen LogP contribution is -2.37. The van der Waals surface area contributed by atoms with Crippen LogP contribution in [0.1, 0.15) is 200 Å². The van der Waals surface area contributed by atoms with Crippen LogP contribution in [0, 0.1) is 0 Å². The van der Waals surface area contributed by atoms with Crippen molar-refractivity contribution >= 4 is 19.8 Å². The Balaban J connectivity index is 4.42. The van der Waals surface area contributed by atoms with Gasteiger partial charge in [0.25, 0.3) is 0 Å². The molecule has 10 nitrogen and oxygen atoms in total. The number of rotatable bonds is 45. The number of hydrogen-bond donors (Lipinski definition) is 2. The zero-order valence-corrected chi connectivity index (χ0v) is 41.8. The number of unbranched alkanes of at least 4 members (excludes halogenated alkanes) is 20. The van der Waals surface area contributed by atoms with Gasteiger partial charge in [0.1, 0.15) is 19.8 Å². The van der Waals surface area contributed by atoms with Crippen molar-refractivity contribution in [3.05, 3.63) is 60.8 Å². The maximum absolute atomic E-state index is 12.8. The number of carbonyl (C=O) groups excluding carboxylic acids is 2. The first-order valence-electron chi connectivity index (χ1n) is 25.1. The molecule has 366 valence electrons. The molecule has 0 heterocycles. The molecule has 11 heteroatoms. The molecule has 2 N–H and O–H groups in total. The molecule has 0 saturated heterocycles. The standard InChI is InChI=1S/C52H94NO9P/c1-6-8-10-12-14-16-18-20-21-22-23-24-25-26-27-29-31-33-35-37-39-43-52(56)62-50(48-61-63(57,58)60-46-45-53(3,4)5)47-59-51(55)44-40-42-49(54)41-38-36-34-32-30-28-19-17-15-13-11-9-7-2/h15,17,20-21,28,30,34,36,38,41,49-50,54H,6-14,16,18-19,22-27,29,31-33,35,37,39-40,42-48H2,1-5H3/p+1/b17-15-,21-20-,30-28-,36-34-,41-38+/t49-,50-/m1/s1. The number of phosphoric ester groups is 1. The summed E-state index contributed by atoms with van der Waals surface area (Å²) in [6.07, 6.45) is 50.2. The molecule has 0 aromatic heterocycles. The van der Waals surface area contributed by atoms with Gasteiger partial charge < -0.3 is 24.0 Å². The van der Waals surface area contributed by atoms with Crippen LogP contribution in [0.4, 0.5) is 0 Å². The van der Waals surface area contributed by atoms with E-state index in [-0.39, 0.29) is 26.1 Å². The Morgan fingerprint density at radius 2 is 1.05 bits per heavy atom. The van der Waals surface area contributed by atoms with Gasteiger partial charge in [0.2, 0.25) is 0 Å². The fourth-order valence-electron chi connectivity index (χ4n) is 6.64. The van der Waals surface area contributed by atoms with E-state index < -0.39 is 38.6 Å². The molecule has 0 aliphatic carbocycles. The summed E-state index contributed by atoms with van der Waals surface area (Å²) in [5, 5.41) is 10.3. The Morgan fingerprint density at radius 3 is 1.63 bits per heavy atom. The molecule has 0 aromatic carbocycles. The number of nitrogens with zero attached hydrogens (tertiary/aromatic N) is 1. The van der Waals surface area contributed by atoms with Crippen LogP contribution in [0.2, 0.25) is 0 Å². The van der Waals surface area contributed by atoms with Crippen molar-refractivity contribution in [3.63, 3.8) is 0 Å². The molecule has 0 bridgehead atoms. The number of esters is 2. The summed E-state index contributed by atoms with van der Waals surface area (Å²) >= 11 is 0. The molecule has 63 heavy (non-hydrogen) atoms. The maximum atomic E-state index is 12.8. The average Bonchev–Trinajstić information content (AvgIpc) is 3.23. The van der Waals surface area contributed by atoms with Crippen LogP contribution in [0.25, 0.3) is 0 Å². The molecule has 0 aromatic rings. The molecule has 0 aliphatic heterocycles. The summed E-state index contributed by atoms with van der Waals surface area (Å²) in [6.45, 7) is 4.18. The molecule has 0 aliphatic rings. The van der Waals surface area contributed by atoms with Crippen LogP contribution < -0.4 is 0 Å². The first kappa shape index (κ1) is 60.7. The molecule has 3 atom stereocenters. The Kier molecular flexibility index (Phi) is 41.9. The number of hydrogen-bond acceptors (Lipinski definition) is 8. The Morgan fingerprint density at radius 1 is 0.571 bits per heavy atom. The van der Waals surface area contributed by atoms with Gasteiger partial charge in [0.15, 0.2) is 6.10 Å². The monoisotopic (exact) mass is 909 g/mol. The minimum Gasteiger partial charge on any atom is -0.462 e. The maximum Gasteiger partial charge on any atom is 0.472 e. The normalized spacial score (nSPS) is 14.5. The van der Waals surface area contributed by atoms with Crippen LogP contribution in [0.5, 0.6) is 0 Å². The second kappa shape index (κ2) is 43.6. The van der Waals surface area contributed by atoms with E-state index in [0.29, 0.717) is 30.3 Å².